The third kappa shape index (κ3) is 8.69. The van der Waals surface area contributed by atoms with Crippen molar-refractivity contribution < 1.29 is 18.0 Å². The lowest BCUT2D eigenvalue weighted by atomic mass is 10.1. The number of benzene rings is 2. The van der Waals surface area contributed by atoms with Gasteiger partial charge in [0.15, 0.2) is 0 Å². The van der Waals surface area contributed by atoms with Crippen LogP contribution in [0.1, 0.15) is 56.2 Å². The first-order valence-electron chi connectivity index (χ1n) is 12.2. The minimum atomic E-state index is -3.51. The minimum absolute atomic E-state index is 0.140. The van der Waals surface area contributed by atoms with Gasteiger partial charge in [-0.05, 0) is 56.4 Å². The Kier molecular flexibility index (Phi) is 10.8. The molecule has 7 nitrogen and oxygen atoms in total. The summed E-state index contributed by atoms with van der Waals surface area (Å²) in [5.74, 6) is -0.325. The molecule has 0 fully saturated rings. The fourth-order valence-electron chi connectivity index (χ4n) is 3.96. The van der Waals surface area contributed by atoms with Gasteiger partial charge in [-0.1, -0.05) is 55.8 Å². The van der Waals surface area contributed by atoms with Crippen LogP contribution >= 0.6 is 0 Å². The molecule has 0 aromatic heterocycles. The van der Waals surface area contributed by atoms with E-state index in [1.54, 1.807) is 11.0 Å². The Bertz CT molecular complexity index is 1080. The summed E-state index contributed by atoms with van der Waals surface area (Å²) in [6, 6.07) is 14.6. The van der Waals surface area contributed by atoms with E-state index in [1.807, 2.05) is 70.2 Å². The van der Waals surface area contributed by atoms with E-state index in [9.17, 15) is 18.0 Å². The molecule has 2 rings (SSSR count). The van der Waals surface area contributed by atoms with Crippen LogP contribution in [0.25, 0.3) is 0 Å². The number of anilines is 1. The molecular formula is C27H39N3O4S. The zero-order valence-electron chi connectivity index (χ0n) is 21.6. The van der Waals surface area contributed by atoms with Crippen molar-refractivity contribution in [2.75, 3.05) is 23.7 Å². The summed E-state index contributed by atoms with van der Waals surface area (Å²) in [4.78, 5) is 27.9. The van der Waals surface area contributed by atoms with Gasteiger partial charge < -0.3 is 10.2 Å². The topological polar surface area (TPSA) is 86.8 Å². The number of hydrogen-bond acceptors (Lipinski definition) is 4. The Hall–Kier alpha value is -2.87. The quantitative estimate of drug-likeness (QED) is 0.446. The molecule has 192 valence electrons. The maximum Gasteiger partial charge on any atom is 0.242 e. The van der Waals surface area contributed by atoms with E-state index in [0.29, 0.717) is 31.6 Å². The van der Waals surface area contributed by atoms with Gasteiger partial charge in [0.2, 0.25) is 21.8 Å². The largest absolute Gasteiger partial charge is 0.354 e. The Balaban J connectivity index is 2.19. The number of carbonyl (C=O) groups is 2. The first-order chi connectivity index (χ1) is 16.6. The lowest BCUT2D eigenvalue weighted by Crippen LogP contribution is -2.49. The molecule has 8 heteroatoms. The molecule has 1 N–H and O–H groups in total. The van der Waals surface area contributed by atoms with Crippen molar-refractivity contribution in [3.8, 4) is 0 Å². The minimum Gasteiger partial charge on any atom is -0.354 e. The van der Waals surface area contributed by atoms with Gasteiger partial charge in [0, 0.05) is 26.1 Å². The van der Waals surface area contributed by atoms with E-state index in [-0.39, 0.29) is 24.8 Å². The summed E-state index contributed by atoms with van der Waals surface area (Å²) >= 11 is 0. The van der Waals surface area contributed by atoms with E-state index in [0.717, 1.165) is 23.1 Å². The number of sulfonamides is 1. The van der Waals surface area contributed by atoms with Gasteiger partial charge in [0.05, 0.1) is 11.9 Å². The summed E-state index contributed by atoms with van der Waals surface area (Å²) in [5.41, 5.74) is 3.61. The van der Waals surface area contributed by atoms with Crippen LogP contribution in [-0.2, 0) is 26.2 Å². The van der Waals surface area contributed by atoms with E-state index in [1.165, 1.54) is 10.6 Å². The monoisotopic (exact) mass is 501 g/mol. The van der Waals surface area contributed by atoms with Crippen molar-refractivity contribution in [2.24, 2.45) is 0 Å². The predicted molar refractivity (Wildman–Crippen MR) is 142 cm³/mol. The summed E-state index contributed by atoms with van der Waals surface area (Å²) in [6.07, 6.45) is 2.96. The third-order valence-corrected chi connectivity index (χ3v) is 7.04. The van der Waals surface area contributed by atoms with Crippen molar-refractivity contribution >= 4 is 27.5 Å². The van der Waals surface area contributed by atoms with Crippen LogP contribution < -0.4 is 9.62 Å². The van der Waals surface area contributed by atoms with Crippen molar-refractivity contribution in [1.29, 1.82) is 0 Å². The SMILES string of the molecule is CCCNC(=O)[C@H](CC)N(Cc1ccc(C)cc1)C(=O)CCCN(c1cccc(C)c1)S(C)(=O)=O. The van der Waals surface area contributed by atoms with Crippen LogP contribution in [0.4, 0.5) is 5.69 Å². The van der Waals surface area contributed by atoms with E-state index >= 15 is 0 Å². The second kappa shape index (κ2) is 13.3. The van der Waals surface area contributed by atoms with E-state index in [2.05, 4.69) is 5.32 Å². The van der Waals surface area contributed by atoms with Gasteiger partial charge in [-0.25, -0.2) is 8.42 Å². The highest BCUT2D eigenvalue weighted by Gasteiger charge is 2.28. The van der Waals surface area contributed by atoms with Crippen LogP contribution in [0, 0.1) is 13.8 Å². The van der Waals surface area contributed by atoms with Gasteiger partial charge in [0.1, 0.15) is 6.04 Å². The Morgan fingerprint density at radius 2 is 1.69 bits per heavy atom. The molecule has 0 saturated heterocycles. The van der Waals surface area contributed by atoms with Crippen LogP contribution in [0.2, 0.25) is 0 Å². The Morgan fingerprint density at radius 1 is 1.00 bits per heavy atom. The number of hydrogen-bond donors (Lipinski definition) is 1. The average Bonchev–Trinajstić information content (AvgIpc) is 2.80. The van der Waals surface area contributed by atoms with Gasteiger partial charge in [0.25, 0.3) is 0 Å². The number of rotatable bonds is 13. The zero-order valence-corrected chi connectivity index (χ0v) is 22.4. The number of nitrogens with one attached hydrogen (secondary N) is 1. The summed E-state index contributed by atoms with van der Waals surface area (Å²) in [7, 11) is -3.51. The van der Waals surface area contributed by atoms with E-state index in [4.69, 9.17) is 0 Å². The smallest absolute Gasteiger partial charge is 0.242 e. The molecule has 1 atom stereocenters. The fourth-order valence-corrected chi connectivity index (χ4v) is 4.92. The molecule has 0 bridgehead atoms. The number of aryl methyl sites for hydroxylation is 2. The molecule has 0 heterocycles. The highest BCUT2D eigenvalue weighted by atomic mass is 32.2. The lowest BCUT2D eigenvalue weighted by molar-refractivity contribution is -0.141. The summed E-state index contributed by atoms with van der Waals surface area (Å²) in [6.45, 7) is 8.86. The number of carbonyl (C=O) groups excluding carboxylic acids is 2. The Labute approximate surface area is 210 Å². The van der Waals surface area contributed by atoms with Gasteiger partial charge in [-0.3, -0.25) is 13.9 Å². The molecule has 0 radical (unpaired) electrons. The maximum atomic E-state index is 13.4. The molecule has 0 aliphatic carbocycles. The first-order valence-corrected chi connectivity index (χ1v) is 14.1. The van der Waals surface area contributed by atoms with Crippen molar-refractivity contribution in [1.82, 2.24) is 10.2 Å². The van der Waals surface area contributed by atoms with Crippen LogP contribution in [-0.4, -0.2) is 50.5 Å². The second-order valence-corrected chi connectivity index (χ2v) is 10.9. The van der Waals surface area contributed by atoms with Crippen molar-refractivity contribution in [3.05, 3.63) is 65.2 Å². The Morgan fingerprint density at radius 3 is 2.26 bits per heavy atom. The normalized spacial score (nSPS) is 12.1. The molecule has 0 spiro atoms. The van der Waals surface area contributed by atoms with Gasteiger partial charge in [-0.2, -0.15) is 0 Å². The lowest BCUT2D eigenvalue weighted by Gasteiger charge is -2.31. The molecule has 0 saturated carbocycles. The van der Waals surface area contributed by atoms with Gasteiger partial charge in [-0.15, -0.1) is 0 Å². The van der Waals surface area contributed by atoms with Crippen molar-refractivity contribution in [3.63, 3.8) is 0 Å². The molecule has 0 aliphatic heterocycles. The van der Waals surface area contributed by atoms with Crippen molar-refractivity contribution in [2.45, 2.75) is 66.0 Å². The van der Waals surface area contributed by atoms with Crippen LogP contribution in [0.5, 0.6) is 0 Å². The third-order valence-electron chi connectivity index (χ3n) is 5.85. The second-order valence-electron chi connectivity index (χ2n) is 9.00. The molecule has 0 unspecified atom stereocenters. The molecule has 0 aliphatic rings. The van der Waals surface area contributed by atoms with Crippen LogP contribution in [0.15, 0.2) is 48.5 Å². The number of amides is 2. The average molecular weight is 502 g/mol. The first kappa shape index (κ1) is 28.4. The predicted octanol–water partition coefficient (Wildman–Crippen LogP) is 4.18. The molecule has 2 aromatic carbocycles. The highest BCUT2D eigenvalue weighted by molar-refractivity contribution is 7.92. The maximum absolute atomic E-state index is 13.4. The molecule has 2 amide bonds. The highest BCUT2D eigenvalue weighted by Crippen LogP contribution is 2.21. The zero-order chi connectivity index (χ0) is 26.0. The molecule has 2 aromatic rings. The standard InChI is InChI=1S/C27H39N3O4S/c1-6-17-28-27(32)25(7-2)29(20-23-15-13-21(3)14-16-23)26(31)12-9-18-30(35(5,33)34)24-11-8-10-22(4)19-24/h8,10-11,13-16,19,25H,6-7,9,12,17-18,20H2,1-5H3,(H,28,32)/t25-/m0/s1. The molecule has 35 heavy (non-hydrogen) atoms. The summed E-state index contributed by atoms with van der Waals surface area (Å²) < 4.78 is 26.2. The number of nitrogens with zero attached hydrogens (tertiary/aromatic N) is 2. The van der Waals surface area contributed by atoms with Gasteiger partial charge >= 0.3 is 0 Å². The van der Waals surface area contributed by atoms with E-state index < -0.39 is 16.1 Å². The summed E-state index contributed by atoms with van der Waals surface area (Å²) in [5, 5.41) is 2.91. The molecular weight excluding hydrogens is 462 g/mol. The fraction of sp³-hybridized carbons (Fsp3) is 0.481. The van der Waals surface area contributed by atoms with Crippen LogP contribution in [0.3, 0.4) is 0 Å².